The molecule has 3 rings (SSSR count). The van der Waals surface area contributed by atoms with Crippen molar-refractivity contribution in [2.75, 3.05) is 7.11 Å². The molecule has 0 saturated heterocycles. The second-order valence-corrected chi connectivity index (χ2v) is 6.11. The van der Waals surface area contributed by atoms with Gasteiger partial charge >= 0.3 is 0 Å². The minimum atomic E-state index is 0.409. The van der Waals surface area contributed by atoms with Crippen molar-refractivity contribution in [1.82, 2.24) is 20.1 Å². The molecule has 25 heavy (non-hydrogen) atoms. The number of rotatable bonds is 5. The maximum atomic E-state index is 9.29. The zero-order valence-corrected chi connectivity index (χ0v) is 14.8. The average molecular weight is 353 g/mol. The van der Waals surface area contributed by atoms with Gasteiger partial charge in [-0.3, -0.25) is 0 Å². The molecule has 3 aromatic rings. The minimum absolute atomic E-state index is 0.409. The zero-order valence-electron chi connectivity index (χ0n) is 14.0. The van der Waals surface area contributed by atoms with Gasteiger partial charge in [0.05, 0.1) is 24.1 Å². The summed E-state index contributed by atoms with van der Waals surface area (Å²) in [6.45, 7) is 3.59. The van der Waals surface area contributed by atoms with Gasteiger partial charge in [-0.05, 0) is 26.0 Å². The summed E-state index contributed by atoms with van der Waals surface area (Å²) in [5.74, 6) is 2.62. The van der Waals surface area contributed by atoms with Gasteiger partial charge in [-0.2, -0.15) is 10.2 Å². The summed E-state index contributed by atoms with van der Waals surface area (Å²) >= 11 is 1.37. The topological polar surface area (TPSA) is 97.7 Å². The minimum Gasteiger partial charge on any atom is -0.496 e. The lowest BCUT2D eigenvalue weighted by Crippen LogP contribution is -1.99. The van der Waals surface area contributed by atoms with E-state index in [-0.39, 0.29) is 0 Å². The van der Waals surface area contributed by atoms with Crippen LogP contribution in [0.1, 0.15) is 23.0 Å². The molecule has 0 radical (unpaired) electrons. The van der Waals surface area contributed by atoms with Crippen LogP contribution in [-0.2, 0) is 5.75 Å². The van der Waals surface area contributed by atoms with Crippen LogP contribution in [0.25, 0.3) is 11.4 Å². The van der Waals surface area contributed by atoms with E-state index in [1.807, 2.05) is 24.3 Å². The Kier molecular flexibility index (Phi) is 4.95. The van der Waals surface area contributed by atoms with Gasteiger partial charge in [0.1, 0.15) is 28.2 Å². The van der Waals surface area contributed by atoms with E-state index in [9.17, 15) is 5.26 Å². The fourth-order valence-electron chi connectivity index (χ4n) is 2.30. The maximum absolute atomic E-state index is 9.29. The number of ether oxygens (including phenoxy) is 1. The Bertz CT molecular complexity index is 948. The van der Waals surface area contributed by atoms with Crippen LogP contribution in [0.2, 0.25) is 0 Å². The molecular formula is C17H15N5O2S. The summed E-state index contributed by atoms with van der Waals surface area (Å²) in [6, 6.07) is 9.61. The van der Waals surface area contributed by atoms with E-state index < -0.39 is 0 Å². The third kappa shape index (κ3) is 3.61. The first-order valence-electron chi connectivity index (χ1n) is 7.46. The Morgan fingerprint density at radius 3 is 2.76 bits per heavy atom. The van der Waals surface area contributed by atoms with Crippen molar-refractivity contribution in [2.45, 2.75) is 24.6 Å². The van der Waals surface area contributed by atoms with Crippen molar-refractivity contribution in [3.05, 3.63) is 47.2 Å². The first-order chi connectivity index (χ1) is 12.1. The van der Waals surface area contributed by atoms with Crippen LogP contribution in [0.5, 0.6) is 5.75 Å². The van der Waals surface area contributed by atoms with Crippen LogP contribution < -0.4 is 4.74 Å². The number of para-hydroxylation sites is 1. The highest BCUT2D eigenvalue weighted by atomic mass is 32.2. The van der Waals surface area contributed by atoms with Gasteiger partial charge in [0, 0.05) is 0 Å². The third-order valence-corrected chi connectivity index (χ3v) is 4.39. The van der Waals surface area contributed by atoms with E-state index in [0.717, 1.165) is 5.56 Å². The van der Waals surface area contributed by atoms with Gasteiger partial charge in [0.25, 0.3) is 0 Å². The number of nitrogens with zero attached hydrogens (tertiary/aromatic N) is 5. The second kappa shape index (κ2) is 7.32. The van der Waals surface area contributed by atoms with Crippen LogP contribution in [0.4, 0.5) is 0 Å². The lowest BCUT2D eigenvalue weighted by atomic mass is 10.2. The highest BCUT2D eigenvalue weighted by Gasteiger charge is 2.15. The summed E-state index contributed by atoms with van der Waals surface area (Å²) in [7, 11) is 1.60. The summed E-state index contributed by atoms with van der Waals surface area (Å²) < 4.78 is 10.6. The summed E-state index contributed by atoms with van der Waals surface area (Å²) in [6.07, 6.45) is 0. The van der Waals surface area contributed by atoms with Crippen LogP contribution in [0.3, 0.4) is 0 Å². The highest BCUT2D eigenvalue weighted by molar-refractivity contribution is 7.98. The number of hydrogen-bond donors (Lipinski definition) is 0. The predicted molar refractivity (Wildman–Crippen MR) is 92.1 cm³/mol. The number of benzene rings is 1. The quantitative estimate of drug-likeness (QED) is 0.509. The molecule has 7 nitrogen and oxygen atoms in total. The van der Waals surface area contributed by atoms with Gasteiger partial charge in [0.2, 0.25) is 11.7 Å². The molecule has 1 aromatic carbocycles. The smallest absolute Gasteiger partial charge is 0.237 e. The summed E-state index contributed by atoms with van der Waals surface area (Å²) in [5.41, 5.74) is 1.90. The Balaban J connectivity index is 1.81. The number of methoxy groups -OCH3 is 1. The van der Waals surface area contributed by atoms with Gasteiger partial charge < -0.3 is 9.26 Å². The molecule has 0 fully saturated rings. The molecule has 0 amide bonds. The molecule has 0 saturated carbocycles. The summed E-state index contributed by atoms with van der Waals surface area (Å²) in [5, 5.41) is 13.9. The number of aryl methyl sites for hydroxylation is 2. The SMILES string of the molecule is COc1ccccc1-c1noc(CSc2nc(C)nc(C)c2C#N)n1. The molecule has 0 aliphatic carbocycles. The Hall–Kier alpha value is -2.92. The maximum Gasteiger partial charge on any atom is 0.237 e. The van der Waals surface area contributed by atoms with E-state index in [4.69, 9.17) is 9.26 Å². The molecule has 0 aliphatic rings. The average Bonchev–Trinajstić information content (AvgIpc) is 3.08. The monoisotopic (exact) mass is 353 g/mol. The predicted octanol–water partition coefficient (Wildman–Crippen LogP) is 3.32. The van der Waals surface area contributed by atoms with E-state index >= 15 is 0 Å². The molecule has 126 valence electrons. The van der Waals surface area contributed by atoms with Crippen molar-refractivity contribution >= 4 is 11.8 Å². The van der Waals surface area contributed by atoms with Crippen molar-refractivity contribution in [3.63, 3.8) is 0 Å². The number of thioether (sulfide) groups is 1. The first kappa shape index (κ1) is 16.9. The third-order valence-electron chi connectivity index (χ3n) is 3.43. The fraction of sp³-hybridized carbons (Fsp3) is 0.235. The van der Waals surface area contributed by atoms with Crippen LogP contribution in [-0.4, -0.2) is 27.2 Å². The zero-order chi connectivity index (χ0) is 17.8. The van der Waals surface area contributed by atoms with E-state index in [1.165, 1.54) is 11.8 Å². The van der Waals surface area contributed by atoms with Gasteiger partial charge in [0.15, 0.2) is 0 Å². The van der Waals surface area contributed by atoms with Crippen LogP contribution in [0, 0.1) is 25.2 Å². The molecule has 2 aromatic heterocycles. The van der Waals surface area contributed by atoms with E-state index in [2.05, 4.69) is 26.2 Å². The normalized spacial score (nSPS) is 10.5. The van der Waals surface area contributed by atoms with Gasteiger partial charge in [-0.15, -0.1) is 0 Å². The largest absolute Gasteiger partial charge is 0.496 e. The molecule has 0 aliphatic heterocycles. The lowest BCUT2D eigenvalue weighted by Gasteiger charge is -2.04. The molecule has 0 spiro atoms. The van der Waals surface area contributed by atoms with Crippen LogP contribution in [0.15, 0.2) is 33.8 Å². The molecule has 8 heteroatoms. The van der Waals surface area contributed by atoms with Crippen LogP contribution >= 0.6 is 11.8 Å². The number of aromatic nitrogens is 4. The molecular weight excluding hydrogens is 338 g/mol. The Morgan fingerprint density at radius 1 is 1.20 bits per heavy atom. The van der Waals surface area contributed by atoms with Crippen molar-refractivity contribution in [3.8, 4) is 23.2 Å². The Morgan fingerprint density at radius 2 is 2.00 bits per heavy atom. The van der Waals surface area contributed by atoms with Crippen molar-refractivity contribution in [1.29, 1.82) is 5.26 Å². The Labute approximate surface area is 149 Å². The molecule has 0 atom stereocenters. The first-order valence-corrected chi connectivity index (χ1v) is 8.45. The van der Waals surface area contributed by atoms with Crippen molar-refractivity contribution < 1.29 is 9.26 Å². The van der Waals surface area contributed by atoms with E-state index in [0.29, 0.717) is 45.3 Å². The standard InChI is InChI=1S/C17H15N5O2S/c1-10-13(8-18)17(20-11(2)19-10)25-9-15-21-16(22-24-15)12-6-4-5-7-14(12)23-3/h4-7H,9H2,1-3H3. The van der Waals surface area contributed by atoms with Gasteiger partial charge in [-0.25, -0.2) is 9.97 Å². The number of nitriles is 1. The molecule has 0 N–H and O–H groups in total. The highest BCUT2D eigenvalue weighted by Crippen LogP contribution is 2.29. The summed E-state index contributed by atoms with van der Waals surface area (Å²) in [4.78, 5) is 12.9. The molecule has 0 bridgehead atoms. The van der Waals surface area contributed by atoms with E-state index in [1.54, 1.807) is 21.0 Å². The van der Waals surface area contributed by atoms with Gasteiger partial charge in [-0.1, -0.05) is 29.1 Å². The lowest BCUT2D eigenvalue weighted by molar-refractivity contribution is 0.390. The van der Waals surface area contributed by atoms with Crippen molar-refractivity contribution in [2.24, 2.45) is 0 Å². The molecule has 2 heterocycles. The molecule has 0 unspecified atom stereocenters. The fourth-order valence-corrected chi connectivity index (χ4v) is 3.21. The number of hydrogen-bond acceptors (Lipinski definition) is 8. The second-order valence-electron chi connectivity index (χ2n) is 5.15.